The minimum atomic E-state index is -1.25. The molecule has 7 nitrogen and oxygen atoms in total. The van der Waals surface area contributed by atoms with Crippen LogP contribution in [0.5, 0.6) is 11.5 Å². The van der Waals surface area contributed by atoms with Crippen molar-refractivity contribution in [1.82, 2.24) is 0 Å². The smallest absolute Gasteiger partial charge is 0.313 e. The Kier molecular flexibility index (Phi) is 5.47. The van der Waals surface area contributed by atoms with Gasteiger partial charge in [0.1, 0.15) is 17.4 Å². The van der Waals surface area contributed by atoms with E-state index < -0.39 is 35.5 Å². The second-order valence-electron chi connectivity index (χ2n) is 7.61. The Morgan fingerprint density at radius 3 is 2.32 bits per heavy atom. The molecule has 0 saturated carbocycles. The lowest BCUT2D eigenvalue weighted by Crippen LogP contribution is -2.45. The zero-order valence-corrected chi connectivity index (χ0v) is 19.4. The summed E-state index contributed by atoms with van der Waals surface area (Å²) in [5, 5.41) is 0. The molecule has 8 heteroatoms. The number of halogens is 1. The maximum absolute atomic E-state index is 13.1. The van der Waals surface area contributed by atoms with E-state index in [1.807, 2.05) is 31.2 Å². The first-order valence-electron chi connectivity index (χ1n) is 9.70. The molecular formula is C23H23BrO7. The second kappa shape index (κ2) is 7.84. The fourth-order valence-electron chi connectivity index (χ4n) is 4.87. The average Bonchev–Trinajstić information content (AvgIpc) is 3.29. The molecule has 1 fully saturated rings. The minimum Gasteiger partial charge on any atom is -0.493 e. The molecule has 4 rings (SSSR count). The van der Waals surface area contributed by atoms with Crippen LogP contribution in [-0.2, 0) is 29.4 Å². The summed E-state index contributed by atoms with van der Waals surface area (Å²) in [6, 6.07) is 9.49. The van der Waals surface area contributed by atoms with E-state index in [2.05, 4.69) is 15.9 Å². The topological polar surface area (TPSA) is 80.3 Å². The molecule has 0 N–H and O–H groups in total. The van der Waals surface area contributed by atoms with Crippen LogP contribution in [0.1, 0.15) is 28.4 Å². The zero-order chi connectivity index (χ0) is 22.5. The van der Waals surface area contributed by atoms with Gasteiger partial charge in [-0.2, -0.15) is 0 Å². The Balaban J connectivity index is 2.05. The molecule has 2 aromatic carbocycles. The molecule has 2 unspecified atom stereocenters. The fraction of sp³-hybridized carbons (Fsp3) is 0.391. The summed E-state index contributed by atoms with van der Waals surface area (Å²) >= 11 is 3.53. The van der Waals surface area contributed by atoms with Crippen molar-refractivity contribution in [2.75, 3.05) is 28.4 Å². The van der Waals surface area contributed by atoms with Gasteiger partial charge in [-0.05, 0) is 51.7 Å². The lowest BCUT2D eigenvalue weighted by molar-refractivity contribution is -0.158. The number of hydrogen-bond acceptors (Lipinski definition) is 7. The van der Waals surface area contributed by atoms with Crippen LogP contribution in [0.15, 0.2) is 34.8 Å². The van der Waals surface area contributed by atoms with Gasteiger partial charge in [-0.1, -0.05) is 23.8 Å². The molecule has 1 saturated heterocycles. The molecule has 2 aliphatic rings. The molecule has 2 bridgehead atoms. The monoisotopic (exact) mass is 490 g/mol. The number of methoxy groups -OCH3 is 4. The van der Waals surface area contributed by atoms with Gasteiger partial charge in [0.05, 0.1) is 39.0 Å². The van der Waals surface area contributed by atoms with E-state index >= 15 is 0 Å². The summed E-state index contributed by atoms with van der Waals surface area (Å²) in [7, 11) is 5.68. The third-order valence-corrected chi connectivity index (χ3v) is 6.73. The number of rotatable bonds is 5. The molecule has 2 aromatic rings. The molecule has 0 amide bonds. The first kappa shape index (κ1) is 21.6. The van der Waals surface area contributed by atoms with Gasteiger partial charge < -0.3 is 23.7 Å². The normalized spacial score (nSPS) is 25.7. The highest BCUT2D eigenvalue weighted by atomic mass is 79.9. The molecule has 2 heterocycles. The molecule has 0 aliphatic carbocycles. The lowest BCUT2D eigenvalue weighted by atomic mass is 9.65. The van der Waals surface area contributed by atoms with Crippen molar-refractivity contribution >= 4 is 27.9 Å². The van der Waals surface area contributed by atoms with E-state index in [-0.39, 0.29) is 0 Å². The van der Waals surface area contributed by atoms with E-state index in [0.29, 0.717) is 21.5 Å². The van der Waals surface area contributed by atoms with Crippen molar-refractivity contribution in [2.24, 2.45) is 11.8 Å². The van der Waals surface area contributed by atoms with Crippen molar-refractivity contribution < 1.29 is 33.3 Å². The Hall–Kier alpha value is -2.58. The van der Waals surface area contributed by atoms with Crippen molar-refractivity contribution in [3.8, 4) is 11.5 Å². The van der Waals surface area contributed by atoms with Gasteiger partial charge in [-0.3, -0.25) is 9.59 Å². The Bertz CT molecular complexity index is 1070. The number of carbonyl (C=O) groups excluding carboxylic acids is 2. The summed E-state index contributed by atoms with van der Waals surface area (Å²) in [6.45, 7) is 1.97. The van der Waals surface area contributed by atoms with E-state index in [0.717, 1.165) is 16.7 Å². The Labute approximate surface area is 188 Å². The van der Waals surface area contributed by atoms with Crippen LogP contribution in [0.2, 0.25) is 0 Å². The maximum atomic E-state index is 13.1. The van der Waals surface area contributed by atoms with Crippen LogP contribution >= 0.6 is 15.9 Å². The van der Waals surface area contributed by atoms with Gasteiger partial charge in [0.15, 0.2) is 11.5 Å². The number of esters is 2. The molecule has 4 atom stereocenters. The summed E-state index contributed by atoms with van der Waals surface area (Å²) in [4.78, 5) is 25.9. The minimum absolute atomic E-state index is 0.465. The number of hydrogen-bond donors (Lipinski definition) is 0. The van der Waals surface area contributed by atoms with Crippen LogP contribution in [0.3, 0.4) is 0 Å². The molecule has 2 aliphatic heterocycles. The summed E-state index contributed by atoms with van der Waals surface area (Å²) in [6.07, 6.45) is -0.640. The first-order chi connectivity index (χ1) is 14.8. The van der Waals surface area contributed by atoms with Gasteiger partial charge in [-0.15, -0.1) is 0 Å². The fourth-order valence-corrected chi connectivity index (χ4v) is 5.48. The van der Waals surface area contributed by atoms with Crippen molar-refractivity contribution in [3.63, 3.8) is 0 Å². The highest BCUT2D eigenvalue weighted by molar-refractivity contribution is 9.10. The lowest BCUT2D eigenvalue weighted by Gasteiger charge is -2.36. The summed E-state index contributed by atoms with van der Waals surface area (Å²) < 4.78 is 28.4. The highest BCUT2D eigenvalue weighted by Gasteiger charge is 2.68. The average molecular weight is 491 g/mol. The highest BCUT2D eigenvalue weighted by Crippen LogP contribution is 2.65. The van der Waals surface area contributed by atoms with Crippen molar-refractivity contribution in [3.05, 3.63) is 57.1 Å². The maximum Gasteiger partial charge on any atom is 0.313 e. The number of benzene rings is 2. The molecule has 164 valence electrons. The Morgan fingerprint density at radius 2 is 1.71 bits per heavy atom. The zero-order valence-electron chi connectivity index (χ0n) is 17.9. The standard InChI is InChI=1S/C23H23BrO7/c1-11-6-7-13-14(8-11)23(12-9-15(24)20(28-3)16(10-12)27-2)18(22(26)30-5)17(19(13)31-23)21(25)29-4/h6-10,17-19H,1-5H3/t17?,18?,19-,23+/m1/s1. The summed E-state index contributed by atoms with van der Waals surface area (Å²) in [5.41, 5.74) is 2.08. The predicted octanol–water partition coefficient (Wildman–Crippen LogP) is 3.68. The SMILES string of the molecule is COC(=O)C1C(C(=O)OC)[C@@]2(c3cc(Br)c(OC)c(OC)c3)O[C@@H]1c1ccc(C)cc12. The molecular weight excluding hydrogens is 468 g/mol. The predicted molar refractivity (Wildman–Crippen MR) is 114 cm³/mol. The molecule has 31 heavy (non-hydrogen) atoms. The number of ether oxygens (including phenoxy) is 5. The van der Waals surface area contributed by atoms with Gasteiger partial charge in [-0.25, -0.2) is 0 Å². The van der Waals surface area contributed by atoms with Crippen LogP contribution in [0.4, 0.5) is 0 Å². The van der Waals surface area contributed by atoms with E-state index in [1.165, 1.54) is 21.3 Å². The number of aryl methyl sites for hydroxylation is 1. The number of carbonyl (C=O) groups is 2. The van der Waals surface area contributed by atoms with Gasteiger partial charge >= 0.3 is 11.9 Å². The molecule has 0 aromatic heterocycles. The second-order valence-corrected chi connectivity index (χ2v) is 8.46. The van der Waals surface area contributed by atoms with Crippen LogP contribution in [0, 0.1) is 18.8 Å². The van der Waals surface area contributed by atoms with Gasteiger partial charge in [0, 0.05) is 0 Å². The quantitative estimate of drug-likeness (QED) is 0.591. The third kappa shape index (κ3) is 2.96. The van der Waals surface area contributed by atoms with Crippen LogP contribution in [0.25, 0.3) is 0 Å². The largest absolute Gasteiger partial charge is 0.493 e. The molecule has 0 radical (unpaired) electrons. The first-order valence-corrected chi connectivity index (χ1v) is 10.5. The van der Waals surface area contributed by atoms with Gasteiger partial charge in [0.2, 0.25) is 0 Å². The van der Waals surface area contributed by atoms with Crippen LogP contribution < -0.4 is 9.47 Å². The third-order valence-electron chi connectivity index (χ3n) is 6.14. The van der Waals surface area contributed by atoms with E-state index in [9.17, 15) is 9.59 Å². The van der Waals surface area contributed by atoms with E-state index in [1.54, 1.807) is 13.2 Å². The van der Waals surface area contributed by atoms with Crippen molar-refractivity contribution in [2.45, 2.75) is 18.6 Å². The van der Waals surface area contributed by atoms with E-state index in [4.69, 9.17) is 23.7 Å². The van der Waals surface area contributed by atoms with Crippen LogP contribution in [-0.4, -0.2) is 40.4 Å². The summed E-state index contributed by atoms with van der Waals surface area (Å²) in [5.74, 6) is -1.87. The van der Waals surface area contributed by atoms with Crippen molar-refractivity contribution in [1.29, 1.82) is 0 Å². The number of fused-ring (bicyclic) bond motifs is 5. The molecule has 0 spiro atoms. The van der Waals surface area contributed by atoms with Gasteiger partial charge in [0.25, 0.3) is 0 Å². The Morgan fingerprint density at radius 1 is 1.00 bits per heavy atom.